The summed E-state index contributed by atoms with van der Waals surface area (Å²) < 4.78 is 0. The van der Waals surface area contributed by atoms with Gasteiger partial charge in [0.1, 0.15) is 0 Å². The Kier molecular flexibility index (Phi) is 4.67. The number of nitrogens with zero attached hydrogens (tertiary/aromatic N) is 1. The molecule has 102 valence electrons. The first kappa shape index (κ1) is 13.9. The van der Waals surface area contributed by atoms with Crippen molar-refractivity contribution in [3.8, 4) is 6.07 Å². The molecule has 2 heteroatoms. The third-order valence-electron chi connectivity index (χ3n) is 5.00. The van der Waals surface area contributed by atoms with Crippen molar-refractivity contribution in [2.45, 2.75) is 58.8 Å². The lowest BCUT2D eigenvalue weighted by Crippen LogP contribution is -2.27. The van der Waals surface area contributed by atoms with Gasteiger partial charge in [-0.05, 0) is 76.8 Å². The minimum Gasteiger partial charge on any atom is -0.316 e. The third-order valence-corrected chi connectivity index (χ3v) is 5.00. The van der Waals surface area contributed by atoms with Gasteiger partial charge in [0.05, 0.1) is 11.5 Å². The van der Waals surface area contributed by atoms with Crippen LogP contribution >= 0.6 is 0 Å². The molecule has 1 N–H and O–H groups in total. The third kappa shape index (κ3) is 3.72. The maximum atomic E-state index is 8.94. The molecule has 2 fully saturated rings. The Balaban J connectivity index is 1.49. The molecule has 2 aliphatic carbocycles. The van der Waals surface area contributed by atoms with Gasteiger partial charge in [-0.15, -0.1) is 0 Å². The van der Waals surface area contributed by atoms with E-state index in [1.165, 1.54) is 45.1 Å². The maximum absolute atomic E-state index is 8.94. The highest BCUT2D eigenvalue weighted by Crippen LogP contribution is 2.47. The molecule has 2 nitrogen and oxygen atoms in total. The summed E-state index contributed by atoms with van der Waals surface area (Å²) in [5.41, 5.74) is -0.134. The van der Waals surface area contributed by atoms with Crippen LogP contribution < -0.4 is 5.32 Å². The van der Waals surface area contributed by atoms with E-state index in [4.69, 9.17) is 5.26 Å². The normalized spacial score (nSPS) is 30.6. The van der Waals surface area contributed by atoms with Crippen LogP contribution in [0.3, 0.4) is 0 Å². The van der Waals surface area contributed by atoms with E-state index in [-0.39, 0.29) is 5.41 Å². The second-order valence-corrected chi connectivity index (χ2v) is 7.09. The van der Waals surface area contributed by atoms with E-state index in [2.05, 4.69) is 11.4 Å². The molecule has 2 rings (SSSR count). The Morgan fingerprint density at radius 3 is 2.67 bits per heavy atom. The Labute approximate surface area is 112 Å². The molecule has 0 aliphatic heterocycles. The Morgan fingerprint density at radius 1 is 1.22 bits per heavy atom. The van der Waals surface area contributed by atoms with E-state index in [9.17, 15) is 0 Å². The van der Waals surface area contributed by atoms with Crippen molar-refractivity contribution in [3.63, 3.8) is 0 Å². The predicted molar refractivity (Wildman–Crippen MR) is 75.1 cm³/mol. The maximum Gasteiger partial charge on any atom is 0.0683 e. The van der Waals surface area contributed by atoms with Crippen LogP contribution in [0.1, 0.15) is 58.8 Å². The zero-order valence-electron chi connectivity index (χ0n) is 12.0. The molecule has 0 heterocycles. The van der Waals surface area contributed by atoms with Gasteiger partial charge in [0.25, 0.3) is 0 Å². The zero-order valence-corrected chi connectivity index (χ0v) is 12.0. The van der Waals surface area contributed by atoms with Gasteiger partial charge in [0.15, 0.2) is 0 Å². The van der Waals surface area contributed by atoms with Crippen molar-refractivity contribution in [3.05, 3.63) is 0 Å². The number of unbranched alkanes of at least 4 members (excludes halogenated alkanes) is 1. The number of fused-ring (bicyclic) bond motifs is 2. The van der Waals surface area contributed by atoms with Crippen LogP contribution in [0.25, 0.3) is 0 Å². The topological polar surface area (TPSA) is 35.8 Å². The smallest absolute Gasteiger partial charge is 0.0683 e. The van der Waals surface area contributed by atoms with Crippen LogP contribution in [-0.4, -0.2) is 13.1 Å². The van der Waals surface area contributed by atoms with Gasteiger partial charge in [-0.1, -0.05) is 12.8 Å². The van der Waals surface area contributed by atoms with Crippen molar-refractivity contribution < 1.29 is 0 Å². The van der Waals surface area contributed by atoms with Gasteiger partial charge in [-0.2, -0.15) is 5.26 Å². The number of hydrogen-bond donors (Lipinski definition) is 1. The van der Waals surface area contributed by atoms with E-state index in [1.54, 1.807) is 0 Å². The van der Waals surface area contributed by atoms with Gasteiger partial charge in [0.2, 0.25) is 0 Å². The van der Waals surface area contributed by atoms with Crippen LogP contribution in [0.2, 0.25) is 0 Å². The average Bonchev–Trinajstić information content (AvgIpc) is 2.95. The summed E-state index contributed by atoms with van der Waals surface area (Å²) in [4.78, 5) is 0. The zero-order chi connectivity index (χ0) is 13.0. The molecule has 0 aromatic rings. The van der Waals surface area contributed by atoms with E-state index in [0.717, 1.165) is 30.7 Å². The largest absolute Gasteiger partial charge is 0.316 e. The minimum absolute atomic E-state index is 0.134. The second-order valence-electron chi connectivity index (χ2n) is 7.09. The van der Waals surface area contributed by atoms with E-state index >= 15 is 0 Å². The van der Waals surface area contributed by atoms with Crippen LogP contribution in [0.5, 0.6) is 0 Å². The fourth-order valence-corrected chi connectivity index (χ4v) is 3.79. The first-order valence-corrected chi connectivity index (χ1v) is 7.73. The fraction of sp³-hybridized carbons (Fsp3) is 0.938. The summed E-state index contributed by atoms with van der Waals surface area (Å²) in [6, 6.07) is 2.37. The molecule has 3 unspecified atom stereocenters. The summed E-state index contributed by atoms with van der Waals surface area (Å²) in [6.07, 6.45) is 9.41. The predicted octanol–water partition coefficient (Wildman–Crippen LogP) is 3.73. The molecule has 2 aliphatic rings. The first-order valence-electron chi connectivity index (χ1n) is 7.73. The summed E-state index contributed by atoms with van der Waals surface area (Å²) in [5, 5.41) is 12.6. The first-order chi connectivity index (χ1) is 8.61. The number of rotatable bonds is 7. The number of hydrogen-bond acceptors (Lipinski definition) is 2. The SMILES string of the molecule is CC(C)(C#N)CCCCNCC1CC2CCC1C2. The van der Waals surface area contributed by atoms with Crippen LogP contribution in [0.4, 0.5) is 0 Å². The van der Waals surface area contributed by atoms with Gasteiger partial charge in [-0.25, -0.2) is 0 Å². The van der Waals surface area contributed by atoms with Gasteiger partial charge in [-0.3, -0.25) is 0 Å². The number of nitrogens with one attached hydrogen (secondary N) is 1. The quantitative estimate of drug-likeness (QED) is 0.697. The van der Waals surface area contributed by atoms with Gasteiger partial charge in [0, 0.05) is 0 Å². The molecular formula is C16H28N2. The summed E-state index contributed by atoms with van der Waals surface area (Å²) in [7, 11) is 0. The molecule has 0 aromatic carbocycles. The standard InChI is InChI=1S/C16H28N2/c1-16(2,12-17)7-3-4-8-18-11-15-10-13-5-6-14(15)9-13/h13-15,18H,3-11H2,1-2H3. The summed E-state index contributed by atoms with van der Waals surface area (Å²) >= 11 is 0. The van der Waals surface area contributed by atoms with Crippen LogP contribution in [0.15, 0.2) is 0 Å². The Morgan fingerprint density at radius 2 is 2.06 bits per heavy atom. The summed E-state index contributed by atoms with van der Waals surface area (Å²) in [6.45, 7) is 6.45. The molecule has 2 bridgehead atoms. The van der Waals surface area contributed by atoms with Crippen LogP contribution in [-0.2, 0) is 0 Å². The highest BCUT2D eigenvalue weighted by atomic mass is 14.9. The molecule has 2 saturated carbocycles. The van der Waals surface area contributed by atoms with E-state index in [0.29, 0.717) is 0 Å². The number of nitriles is 1. The molecule has 0 aromatic heterocycles. The van der Waals surface area contributed by atoms with Crippen molar-refractivity contribution in [2.75, 3.05) is 13.1 Å². The van der Waals surface area contributed by atoms with Crippen molar-refractivity contribution in [2.24, 2.45) is 23.2 Å². The molecule has 18 heavy (non-hydrogen) atoms. The molecule has 3 atom stereocenters. The molecule has 0 radical (unpaired) electrons. The van der Waals surface area contributed by atoms with Crippen molar-refractivity contribution in [1.29, 1.82) is 5.26 Å². The van der Waals surface area contributed by atoms with Gasteiger partial charge >= 0.3 is 0 Å². The summed E-state index contributed by atoms with van der Waals surface area (Å²) in [5.74, 6) is 3.08. The van der Waals surface area contributed by atoms with Crippen LogP contribution in [0, 0.1) is 34.5 Å². The fourth-order valence-electron chi connectivity index (χ4n) is 3.79. The molecule has 0 spiro atoms. The molecular weight excluding hydrogens is 220 g/mol. The average molecular weight is 248 g/mol. The highest BCUT2D eigenvalue weighted by Gasteiger charge is 2.38. The lowest BCUT2D eigenvalue weighted by atomic mass is 9.88. The van der Waals surface area contributed by atoms with E-state index in [1.807, 2.05) is 13.8 Å². The van der Waals surface area contributed by atoms with Crippen molar-refractivity contribution >= 4 is 0 Å². The van der Waals surface area contributed by atoms with E-state index < -0.39 is 0 Å². The second kappa shape index (κ2) is 6.06. The Bertz CT molecular complexity index is 303. The molecule has 0 saturated heterocycles. The lowest BCUT2D eigenvalue weighted by molar-refractivity contribution is 0.317. The lowest BCUT2D eigenvalue weighted by Gasteiger charge is -2.22. The highest BCUT2D eigenvalue weighted by molar-refractivity contribution is 4.92. The Hall–Kier alpha value is -0.550. The van der Waals surface area contributed by atoms with Gasteiger partial charge < -0.3 is 5.32 Å². The minimum atomic E-state index is -0.134. The monoisotopic (exact) mass is 248 g/mol. The van der Waals surface area contributed by atoms with Crippen molar-refractivity contribution in [1.82, 2.24) is 5.32 Å². The molecule has 0 amide bonds.